The summed E-state index contributed by atoms with van der Waals surface area (Å²) < 4.78 is 55.9. The second-order valence-corrected chi connectivity index (χ2v) is 8.71. The van der Waals surface area contributed by atoms with Gasteiger partial charge in [0.2, 0.25) is 5.91 Å². The predicted molar refractivity (Wildman–Crippen MR) is 132 cm³/mol. The number of amides is 2. The predicted octanol–water partition coefficient (Wildman–Crippen LogP) is 3.82. The standard InChI is InChI=1S/C26H26F3N5O5/c1-37-19-6-7-22(21(12-19)26(27,28)29)38-18-4-2-17(3-5-18)13-33-23(35)25(8-10-30-11-9-25)34-24(36)39-20-14-31-16-32-15-20/h2-7,12,14-16,30H,8-11,13H2,1H3,(H,33,35)(H,34,36). The SMILES string of the molecule is COc1ccc(Oc2ccc(CNC(=O)C3(NC(=O)Oc4cncnc4)CCNCC3)cc2)c(C(F)(F)F)c1. The highest BCUT2D eigenvalue weighted by atomic mass is 19.4. The Hall–Kier alpha value is -4.39. The Morgan fingerprint density at radius 3 is 2.31 bits per heavy atom. The van der Waals surface area contributed by atoms with Crippen molar-refractivity contribution < 1.29 is 37.0 Å². The lowest BCUT2D eigenvalue weighted by molar-refractivity contribution is -0.138. The maximum Gasteiger partial charge on any atom is 0.420 e. The number of nitrogens with zero attached hydrogens (tertiary/aromatic N) is 2. The van der Waals surface area contributed by atoms with Crippen molar-refractivity contribution in [2.75, 3.05) is 20.2 Å². The summed E-state index contributed by atoms with van der Waals surface area (Å²) in [6.45, 7) is 1.15. The van der Waals surface area contributed by atoms with Gasteiger partial charge in [-0.1, -0.05) is 12.1 Å². The van der Waals surface area contributed by atoms with Gasteiger partial charge in [0, 0.05) is 6.54 Å². The van der Waals surface area contributed by atoms with Gasteiger partial charge in [0.25, 0.3) is 0 Å². The Bertz CT molecular complexity index is 1280. The number of piperidine rings is 1. The minimum absolute atomic E-state index is 0.0594. The minimum Gasteiger partial charge on any atom is -0.497 e. The average molecular weight is 546 g/mol. The maximum atomic E-state index is 13.5. The van der Waals surface area contributed by atoms with E-state index < -0.39 is 29.3 Å². The molecule has 13 heteroatoms. The number of benzene rings is 2. The molecule has 0 saturated carbocycles. The van der Waals surface area contributed by atoms with Crippen LogP contribution in [0.15, 0.2) is 61.2 Å². The molecule has 10 nitrogen and oxygen atoms in total. The minimum atomic E-state index is -4.63. The average Bonchev–Trinajstić information content (AvgIpc) is 2.93. The number of carbonyl (C=O) groups is 2. The molecule has 1 aliphatic rings. The summed E-state index contributed by atoms with van der Waals surface area (Å²) in [6, 6.07) is 9.69. The molecule has 206 valence electrons. The summed E-state index contributed by atoms with van der Waals surface area (Å²) in [5, 5.41) is 8.67. The second kappa shape index (κ2) is 12.0. The number of halogens is 3. The monoisotopic (exact) mass is 545 g/mol. The van der Waals surface area contributed by atoms with E-state index in [4.69, 9.17) is 14.2 Å². The number of nitrogens with one attached hydrogen (secondary N) is 3. The van der Waals surface area contributed by atoms with Gasteiger partial charge in [-0.3, -0.25) is 4.79 Å². The van der Waals surface area contributed by atoms with E-state index in [0.29, 0.717) is 31.5 Å². The fraction of sp³-hybridized carbons (Fsp3) is 0.308. The van der Waals surface area contributed by atoms with Gasteiger partial charge in [-0.25, -0.2) is 14.8 Å². The molecule has 0 bridgehead atoms. The van der Waals surface area contributed by atoms with E-state index in [0.717, 1.165) is 6.07 Å². The molecule has 3 aromatic rings. The number of hydrogen-bond acceptors (Lipinski definition) is 8. The van der Waals surface area contributed by atoms with E-state index in [2.05, 4.69) is 25.9 Å². The zero-order valence-corrected chi connectivity index (χ0v) is 20.9. The van der Waals surface area contributed by atoms with Crippen molar-refractivity contribution in [1.82, 2.24) is 25.9 Å². The van der Waals surface area contributed by atoms with E-state index in [1.807, 2.05) is 0 Å². The highest BCUT2D eigenvalue weighted by molar-refractivity contribution is 5.90. The van der Waals surface area contributed by atoms with E-state index in [-0.39, 0.29) is 29.5 Å². The number of methoxy groups -OCH3 is 1. The normalized spacial score (nSPS) is 14.7. The van der Waals surface area contributed by atoms with Crippen molar-refractivity contribution in [1.29, 1.82) is 0 Å². The fourth-order valence-electron chi connectivity index (χ4n) is 4.03. The Morgan fingerprint density at radius 1 is 1.00 bits per heavy atom. The molecule has 2 amide bonds. The molecule has 3 N–H and O–H groups in total. The topological polar surface area (TPSA) is 124 Å². The van der Waals surface area contributed by atoms with Crippen molar-refractivity contribution >= 4 is 12.0 Å². The lowest BCUT2D eigenvalue weighted by Gasteiger charge is -2.36. The van der Waals surface area contributed by atoms with Gasteiger partial charge in [0.05, 0.1) is 19.5 Å². The second-order valence-electron chi connectivity index (χ2n) is 8.71. The van der Waals surface area contributed by atoms with Gasteiger partial charge in [0.15, 0.2) is 5.75 Å². The first kappa shape index (κ1) is 27.6. The number of rotatable bonds is 8. The number of hydrogen-bond donors (Lipinski definition) is 3. The van der Waals surface area contributed by atoms with Gasteiger partial charge >= 0.3 is 12.3 Å². The first-order valence-corrected chi connectivity index (χ1v) is 11.9. The highest BCUT2D eigenvalue weighted by Gasteiger charge is 2.41. The van der Waals surface area contributed by atoms with Crippen LogP contribution in [-0.4, -0.2) is 47.7 Å². The highest BCUT2D eigenvalue weighted by Crippen LogP contribution is 2.40. The molecule has 2 aromatic carbocycles. The van der Waals surface area contributed by atoms with Crippen LogP contribution in [0.1, 0.15) is 24.0 Å². The number of ether oxygens (including phenoxy) is 3. The van der Waals surface area contributed by atoms with Crippen LogP contribution in [-0.2, 0) is 17.5 Å². The summed E-state index contributed by atoms with van der Waals surface area (Å²) in [7, 11) is 1.28. The molecule has 39 heavy (non-hydrogen) atoms. The summed E-state index contributed by atoms with van der Waals surface area (Å²) >= 11 is 0. The summed E-state index contributed by atoms with van der Waals surface area (Å²) in [6.07, 6.45) is -0.801. The molecular formula is C26H26F3N5O5. The molecule has 1 aliphatic heterocycles. The fourth-order valence-corrected chi connectivity index (χ4v) is 4.03. The third kappa shape index (κ3) is 7.13. The zero-order chi connectivity index (χ0) is 27.9. The molecular weight excluding hydrogens is 519 g/mol. The molecule has 2 heterocycles. The van der Waals surface area contributed by atoms with Crippen molar-refractivity contribution in [3.8, 4) is 23.0 Å². The molecule has 1 saturated heterocycles. The van der Waals surface area contributed by atoms with Crippen LogP contribution in [0.2, 0.25) is 0 Å². The van der Waals surface area contributed by atoms with E-state index in [1.165, 1.54) is 50.1 Å². The molecule has 0 atom stereocenters. The number of carbonyl (C=O) groups excluding carboxylic acids is 2. The number of aromatic nitrogens is 2. The van der Waals surface area contributed by atoms with Crippen molar-refractivity contribution in [3.63, 3.8) is 0 Å². The molecule has 1 aromatic heterocycles. The van der Waals surface area contributed by atoms with Crippen LogP contribution < -0.4 is 30.2 Å². The zero-order valence-electron chi connectivity index (χ0n) is 20.9. The Morgan fingerprint density at radius 2 is 1.67 bits per heavy atom. The molecule has 0 spiro atoms. The van der Waals surface area contributed by atoms with Gasteiger partial charge in [-0.15, -0.1) is 0 Å². The number of alkyl halides is 3. The van der Waals surface area contributed by atoms with Gasteiger partial charge in [-0.2, -0.15) is 13.2 Å². The lowest BCUT2D eigenvalue weighted by Crippen LogP contribution is -2.63. The van der Waals surface area contributed by atoms with Crippen LogP contribution in [0, 0.1) is 0 Å². The first-order chi connectivity index (χ1) is 18.7. The van der Waals surface area contributed by atoms with Crippen LogP contribution >= 0.6 is 0 Å². The third-order valence-corrected chi connectivity index (χ3v) is 6.08. The van der Waals surface area contributed by atoms with Crippen LogP contribution in [0.4, 0.5) is 18.0 Å². The molecule has 1 fully saturated rings. The quantitative estimate of drug-likeness (QED) is 0.390. The largest absolute Gasteiger partial charge is 0.497 e. The molecule has 0 unspecified atom stereocenters. The van der Waals surface area contributed by atoms with Gasteiger partial charge in [-0.05, 0) is 61.8 Å². The maximum absolute atomic E-state index is 13.5. The molecule has 4 rings (SSSR count). The van der Waals surface area contributed by atoms with Crippen LogP contribution in [0.3, 0.4) is 0 Å². The molecule has 0 aliphatic carbocycles. The van der Waals surface area contributed by atoms with Crippen molar-refractivity contribution in [3.05, 3.63) is 72.3 Å². The van der Waals surface area contributed by atoms with E-state index in [9.17, 15) is 22.8 Å². The van der Waals surface area contributed by atoms with Crippen LogP contribution in [0.5, 0.6) is 23.0 Å². The van der Waals surface area contributed by atoms with E-state index in [1.54, 1.807) is 12.1 Å². The van der Waals surface area contributed by atoms with Crippen molar-refractivity contribution in [2.24, 2.45) is 0 Å². The van der Waals surface area contributed by atoms with Crippen LogP contribution in [0.25, 0.3) is 0 Å². The smallest absolute Gasteiger partial charge is 0.420 e. The van der Waals surface area contributed by atoms with Crippen molar-refractivity contribution in [2.45, 2.75) is 31.1 Å². The van der Waals surface area contributed by atoms with E-state index >= 15 is 0 Å². The Balaban J connectivity index is 1.39. The summed E-state index contributed by atoms with van der Waals surface area (Å²) in [5.74, 6) is -0.372. The third-order valence-electron chi connectivity index (χ3n) is 6.08. The first-order valence-electron chi connectivity index (χ1n) is 11.9. The lowest BCUT2D eigenvalue weighted by atomic mass is 9.87. The van der Waals surface area contributed by atoms with Gasteiger partial charge in [0.1, 0.15) is 34.7 Å². The summed E-state index contributed by atoms with van der Waals surface area (Å²) in [5.41, 5.74) is -1.48. The Kier molecular flexibility index (Phi) is 8.49. The molecule has 0 radical (unpaired) electrons. The Labute approximate surface area is 221 Å². The summed E-state index contributed by atoms with van der Waals surface area (Å²) in [4.78, 5) is 33.3. The van der Waals surface area contributed by atoms with Gasteiger partial charge < -0.3 is 30.2 Å².